The van der Waals surface area contributed by atoms with Gasteiger partial charge in [0.15, 0.2) is 13.4 Å². The maximum atomic E-state index is 13.6. The fourth-order valence-electron chi connectivity index (χ4n) is 3.72. The first kappa shape index (κ1) is 20.9. The molecule has 0 saturated carbocycles. The molecular weight excluding hydrogens is 367 g/mol. The molecule has 2 aromatic rings. The van der Waals surface area contributed by atoms with E-state index in [2.05, 4.69) is 0 Å². The van der Waals surface area contributed by atoms with Crippen molar-refractivity contribution in [3.8, 4) is 5.75 Å². The molecule has 0 aliphatic carbocycles. The van der Waals surface area contributed by atoms with E-state index in [0.29, 0.717) is 20.4 Å². The number of carbonyl (C=O) groups excluding carboxylic acids is 2. The van der Waals surface area contributed by atoms with Crippen molar-refractivity contribution >= 4 is 30.3 Å². The minimum absolute atomic E-state index is 0.187. The molecule has 2 atom stereocenters. The highest BCUT2D eigenvalue weighted by molar-refractivity contribution is 6.58. The number of amides is 1. The Kier molecular flexibility index (Phi) is 6.59. The van der Waals surface area contributed by atoms with Gasteiger partial charge in [-0.05, 0) is 37.9 Å². The van der Waals surface area contributed by atoms with Crippen molar-refractivity contribution in [3.63, 3.8) is 0 Å². The first-order chi connectivity index (χ1) is 13.9. The summed E-state index contributed by atoms with van der Waals surface area (Å²) < 4.78 is 10.9. The zero-order valence-corrected chi connectivity index (χ0v) is 17.4. The van der Waals surface area contributed by atoms with Crippen molar-refractivity contribution in [1.29, 1.82) is 0 Å². The number of carbonyl (C=O) groups is 2. The summed E-state index contributed by atoms with van der Waals surface area (Å²) in [4.78, 5) is 29.2. The minimum atomic E-state index is -0.879. The van der Waals surface area contributed by atoms with Crippen LogP contribution in [-0.4, -0.2) is 64.5 Å². The van der Waals surface area contributed by atoms with Gasteiger partial charge in [-0.25, -0.2) is 0 Å². The van der Waals surface area contributed by atoms with Crippen molar-refractivity contribution in [2.75, 3.05) is 39.2 Å². The number of hydrogen-bond acceptors (Lipinski definition) is 5. The van der Waals surface area contributed by atoms with Gasteiger partial charge in [0.25, 0.3) is 5.91 Å². The van der Waals surface area contributed by atoms with Gasteiger partial charge in [0.2, 0.25) is 0 Å². The molecule has 0 radical (unpaired) electrons. The Hall–Kier alpha value is -2.80. The predicted octanol–water partition coefficient (Wildman–Crippen LogP) is 1.34. The predicted molar refractivity (Wildman–Crippen MR) is 115 cm³/mol. The zero-order valence-electron chi connectivity index (χ0n) is 17.4. The molecule has 152 valence electrons. The third kappa shape index (κ3) is 4.79. The van der Waals surface area contributed by atoms with Crippen molar-refractivity contribution in [2.45, 2.75) is 18.8 Å². The second-order valence-corrected chi connectivity index (χ2v) is 7.54. The third-order valence-corrected chi connectivity index (χ3v) is 5.20. The number of methoxy groups -OCH3 is 1. The van der Waals surface area contributed by atoms with E-state index >= 15 is 0 Å². The van der Waals surface area contributed by atoms with Gasteiger partial charge in [0.1, 0.15) is 5.75 Å². The summed E-state index contributed by atoms with van der Waals surface area (Å²) >= 11 is 0. The molecule has 0 unspecified atom stereocenters. The van der Waals surface area contributed by atoms with Crippen LogP contribution >= 0.6 is 0 Å². The normalized spacial score (nSPS) is 18.7. The molecule has 7 heteroatoms. The molecule has 1 aliphatic heterocycles. The Morgan fingerprint density at radius 1 is 1.14 bits per heavy atom. The number of fused-ring (bicyclic) bond motifs is 1. The molecule has 1 aliphatic rings. The van der Waals surface area contributed by atoms with Crippen LogP contribution in [0.3, 0.4) is 0 Å². The van der Waals surface area contributed by atoms with E-state index in [9.17, 15) is 9.59 Å². The van der Waals surface area contributed by atoms with E-state index in [1.165, 1.54) is 6.92 Å². The van der Waals surface area contributed by atoms with Gasteiger partial charge in [0, 0.05) is 31.5 Å². The topological polar surface area (TPSA) is 59.1 Å². The summed E-state index contributed by atoms with van der Waals surface area (Å²) in [6.45, 7) is 2.58. The number of para-hydroxylation sites is 1. The molecule has 1 amide bonds. The quantitative estimate of drug-likeness (QED) is 0.547. The molecule has 29 heavy (non-hydrogen) atoms. The lowest BCUT2D eigenvalue weighted by molar-refractivity contribution is -0.153. The van der Waals surface area contributed by atoms with Gasteiger partial charge in [0.05, 0.1) is 7.11 Å². The highest BCUT2D eigenvalue weighted by Gasteiger charge is 2.40. The Labute approximate surface area is 172 Å². The SMILES string of the molecule is COc1ccc([C@@H]2Bc3ccccc3N(CCN(C)C)C(=O)[C@@H]2OC(C)=O)cc1. The van der Waals surface area contributed by atoms with Gasteiger partial charge >= 0.3 is 5.97 Å². The van der Waals surface area contributed by atoms with E-state index < -0.39 is 12.1 Å². The lowest BCUT2D eigenvalue weighted by Gasteiger charge is -2.29. The zero-order chi connectivity index (χ0) is 21.0. The summed E-state index contributed by atoms with van der Waals surface area (Å²) in [5, 5.41) is 0. The molecule has 0 aromatic heterocycles. The second-order valence-electron chi connectivity index (χ2n) is 7.54. The van der Waals surface area contributed by atoms with Crippen LogP contribution in [0.25, 0.3) is 0 Å². The first-order valence-corrected chi connectivity index (χ1v) is 9.76. The van der Waals surface area contributed by atoms with Crippen LogP contribution in [-0.2, 0) is 14.3 Å². The van der Waals surface area contributed by atoms with E-state index in [0.717, 1.165) is 22.5 Å². The van der Waals surface area contributed by atoms with Gasteiger partial charge < -0.3 is 19.3 Å². The molecule has 3 rings (SSSR count). The number of hydrogen-bond donors (Lipinski definition) is 0. The number of esters is 1. The van der Waals surface area contributed by atoms with Crippen molar-refractivity contribution in [1.82, 2.24) is 4.90 Å². The monoisotopic (exact) mass is 394 g/mol. The maximum absolute atomic E-state index is 13.6. The van der Waals surface area contributed by atoms with Crippen molar-refractivity contribution in [3.05, 3.63) is 54.1 Å². The summed E-state index contributed by atoms with van der Waals surface area (Å²) in [5.41, 5.74) is 2.89. The van der Waals surface area contributed by atoms with Crippen LogP contribution < -0.4 is 15.1 Å². The maximum Gasteiger partial charge on any atom is 0.303 e. The first-order valence-electron chi connectivity index (χ1n) is 9.76. The average molecular weight is 394 g/mol. The largest absolute Gasteiger partial charge is 0.497 e. The summed E-state index contributed by atoms with van der Waals surface area (Å²) in [6, 6.07) is 15.5. The Morgan fingerprint density at radius 3 is 2.45 bits per heavy atom. The van der Waals surface area contributed by atoms with E-state index in [-0.39, 0.29) is 11.7 Å². The standard InChI is InChI=1S/C22H27BN2O4/c1-15(26)29-21-20(16-9-11-17(28-4)12-10-16)23-18-7-5-6-8-19(18)25(22(21)27)14-13-24(2)3/h5-12,20-21,23H,13-14H2,1-4H3/t20-,21+/m0/s1. The van der Waals surface area contributed by atoms with Crippen LogP contribution in [0, 0.1) is 0 Å². The van der Waals surface area contributed by atoms with E-state index in [1.807, 2.05) is 67.5 Å². The van der Waals surface area contributed by atoms with Gasteiger partial charge in [-0.15, -0.1) is 0 Å². The molecular formula is C22H27BN2O4. The molecule has 0 bridgehead atoms. The number of rotatable bonds is 6. The molecule has 1 heterocycles. The Balaban J connectivity index is 2.06. The number of benzene rings is 2. The highest BCUT2D eigenvalue weighted by atomic mass is 16.5. The fourth-order valence-corrected chi connectivity index (χ4v) is 3.72. The van der Waals surface area contributed by atoms with Crippen LogP contribution in [0.5, 0.6) is 5.75 Å². The minimum Gasteiger partial charge on any atom is -0.497 e. The number of anilines is 1. The van der Waals surface area contributed by atoms with Gasteiger partial charge in [-0.3, -0.25) is 9.59 Å². The van der Waals surface area contributed by atoms with E-state index in [4.69, 9.17) is 9.47 Å². The highest BCUT2D eigenvalue weighted by Crippen LogP contribution is 2.30. The van der Waals surface area contributed by atoms with Crippen LogP contribution in [0.2, 0.25) is 0 Å². The summed E-state index contributed by atoms with van der Waals surface area (Å²) in [7, 11) is 6.16. The summed E-state index contributed by atoms with van der Waals surface area (Å²) in [6.07, 6.45) is -0.879. The number of nitrogens with zero attached hydrogens (tertiary/aromatic N) is 2. The Morgan fingerprint density at radius 2 is 1.83 bits per heavy atom. The smallest absolute Gasteiger partial charge is 0.303 e. The molecule has 0 fully saturated rings. The molecule has 6 nitrogen and oxygen atoms in total. The van der Waals surface area contributed by atoms with Crippen LogP contribution in [0.15, 0.2) is 48.5 Å². The summed E-state index contributed by atoms with van der Waals surface area (Å²) in [5.74, 6) is -0.179. The molecule has 0 N–H and O–H groups in total. The molecule has 0 spiro atoms. The average Bonchev–Trinajstić information content (AvgIpc) is 2.81. The van der Waals surface area contributed by atoms with Gasteiger partial charge in [-0.2, -0.15) is 0 Å². The van der Waals surface area contributed by atoms with Crippen LogP contribution in [0.1, 0.15) is 18.3 Å². The van der Waals surface area contributed by atoms with Gasteiger partial charge in [-0.1, -0.05) is 35.8 Å². The van der Waals surface area contributed by atoms with Crippen molar-refractivity contribution in [2.24, 2.45) is 0 Å². The number of likely N-dealkylation sites (N-methyl/N-ethyl adjacent to an activating group) is 1. The van der Waals surface area contributed by atoms with Crippen molar-refractivity contribution < 1.29 is 19.1 Å². The lowest BCUT2D eigenvalue weighted by Crippen LogP contribution is -2.45. The lowest BCUT2D eigenvalue weighted by atomic mass is 9.55. The molecule has 0 saturated heterocycles. The van der Waals surface area contributed by atoms with E-state index in [1.54, 1.807) is 12.0 Å². The fraction of sp³-hybridized carbons (Fsp3) is 0.364. The third-order valence-electron chi connectivity index (χ3n) is 5.20. The Bertz CT molecular complexity index is 869. The van der Waals surface area contributed by atoms with Crippen LogP contribution in [0.4, 0.5) is 5.69 Å². The molecule has 2 aromatic carbocycles. The number of ether oxygens (including phenoxy) is 2. The second kappa shape index (κ2) is 9.14.